The molecule has 4 heteroatoms. The van der Waals surface area contributed by atoms with Gasteiger partial charge in [-0.15, -0.1) is 0 Å². The second-order valence-electron chi connectivity index (χ2n) is 6.15. The first-order valence-electron chi connectivity index (χ1n) is 8.48. The number of ether oxygens (including phenoxy) is 2. The van der Waals surface area contributed by atoms with Gasteiger partial charge in [0.15, 0.2) is 0 Å². The minimum absolute atomic E-state index is 0.359. The minimum atomic E-state index is 0.359. The Kier molecular flexibility index (Phi) is 7.28. The normalized spacial score (nSPS) is 27.6. The Morgan fingerprint density at radius 1 is 1.20 bits per heavy atom. The molecule has 1 N–H and O–H groups in total. The molecule has 2 rings (SSSR count). The minimum Gasteiger partial charge on any atom is -0.381 e. The van der Waals surface area contributed by atoms with Crippen molar-refractivity contribution in [2.75, 3.05) is 46.0 Å². The number of rotatable bonds is 7. The van der Waals surface area contributed by atoms with Crippen LogP contribution >= 0.6 is 0 Å². The van der Waals surface area contributed by atoms with Crippen molar-refractivity contribution >= 4 is 0 Å². The molecule has 2 fully saturated rings. The Morgan fingerprint density at radius 3 is 2.70 bits per heavy atom. The van der Waals surface area contributed by atoms with E-state index in [0.717, 1.165) is 51.9 Å². The van der Waals surface area contributed by atoms with Gasteiger partial charge < -0.3 is 14.8 Å². The lowest BCUT2D eigenvalue weighted by molar-refractivity contribution is -0.0516. The van der Waals surface area contributed by atoms with Gasteiger partial charge in [-0.05, 0) is 44.7 Å². The summed E-state index contributed by atoms with van der Waals surface area (Å²) in [5.74, 6) is 0.804. The summed E-state index contributed by atoms with van der Waals surface area (Å²) in [7, 11) is 0. The van der Waals surface area contributed by atoms with Gasteiger partial charge in [0, 0.05) is 32.3 Å². The highest BCUT2D eigenvalue weighted by atomic mass is 16.5. The van der Waals surface area contributed by atoms with Crippen LogP contribution < -0.4 is 5.32 Å². The van der Waals surface area contributed by atoms with E-state index in [1.165, 1.54) is 25.7 Å². The number of nitrogens with one attached hydrogen (secondary N) is 1. The van der Waals surface area contributed by atoms with Crippen molar-refractivity contribution in [3.8, 4) is 0 Å². The summed E-state index contributed by atoms with van der Waals surface area (Å²) >= 11 is 0. The predicted molar refractivity (Wildman–Crippen MR) is 82.1 cm³/mol. The molecule has 118 valence electrons. The van der Waals surface area contributed by atoms with E-state index >= 15 is 0 Å². The zero-order chi connectivity index (χ0) is 14.2. The van der Waals surface area contributed by atoms with Gasteiger partial charge in [0.1, 0.15) is 0 Å². The van der Waals surface area contributed by atoms with Gasteiger partial charge >= 0.3 is 0 Å². The van der Waals surface area contributed by atoms with E-state index in [-0.39, 0.29) is 0 Å². The van der Waals surface area contributed by atoms with E-state index in [1.807, 2.05) is 0 Å². The molecular weight excluding hydrogens is 252 g/mol. The molecule has 0 aromatic rings. The van der Waals surface area contributed by atoms with Gasteiger partial charge in [-0.25, -0.2) is 0 Å². The largest absolute Gasteiger partial charge is 0.381 e. The summed E-state index contributed by atoms with van der Waals surface area (Å²) in [6, 6.07) is 0.507. The third kappa shape index (κ3) is 4.99. The topological polar surface area (TPSA) is 33.7 Å². The van der Waals surface area contributed by atoms with Crippen molar-refractivity contribution in [2.45, 2.75) is 51.7 Å². The highest BCUT2D eigenvalue weighted by Crippen LogP contribution is 2.23. The van der Waals surface area contributed by atoms with E-state index in [1.54, 1.807) is 0 Å². The molecule has 2 saturated heterocycles. The fourth-order valence-corrected chi connectivity index (χ4v) is 3.30. The van der Waals surface area contributed by atoms with Gasteiger partial charge in [0.2, 0.25) is 0 Å². The molecular formula is C16H32N2O2. The maximum absolute atomic E-state index is 6.08. The van der Waals surface area contributed by atoms with E-state index in [0.29, 0.717) is 12.1 Å². The van der Waals surface area contributed by atoms with Gasteiger partial charge in [0.05, 0.1) is 12.7 Å². The van der Waals surface area contributed by atoms with Crippen LogP contribution in [0.25, 0.3) is 0 Å². The summed E-state index contributed by atoms with van der Waals surface area (Å²) in [6.07, 6.45) is 5.22. The molecule has 2 aliphatic rings. The molecule has 0 aromatic heterocycles. The van der Waals surface area contributed by atoms with Crippen LogP contribution in [0.3, 0.4) is 0 Å². The summed E-state index contributed by atoms with van der Waals surface area (Å²) in [5.41, 5.74) is 0. The van der Waals surface area contributed by atoms with Gasteiger partial charge in [0.25, 0.3) is 0 Å². The van der Waals surface area contributed by atoms with Crippen LogP contribution in [0.2, 0.25) is 0 Å². The van der Waals surface area contributed by atoms with Crippen LogP contribution in [0.1, 0.15) is 39.5 Å². The first kappa shape index (κ1) is 16.2. The van der Waals surface area contributed by atoms with Crippen molar-refractivity contribution in [1.82, 2.24) is 10.2 Å². The molecule has 0 aliphatic carbocycles. The summed E-state index contributed by atoms with van der Waals surface area (Å²) in [4.78, 5) is 2.51. The van der Waals surface area contributed by atoms with Crippen LogP contribution in [0.4, 0.5) is 0 Å². The van der Waals surface area contributed by atoms with Crippen LogP contribution in [0, 0.1) is 5.92 Å². The predicted octanol–water partition coefficient (Wildman–Crippen LogP) is 1.89. The SMILES string of the molecule is CCCNC(CC1CCOCC1)C1CN(CC)CCO1. The lowest BCUT2D eigenvalue weighted by atomic mass is 9.89. The fraction of sp³-hybridized carbons (Fsp3) is 1.00. The van der Waals surface area contributed by atoms with Gasteiger partial charge in [-0.1, -0.05) is 13.8 Å². The van der Waals surface area contributed by atoms with Crippen LogP contribution in [0.15, 0.2) is 0 Å². The average molecular weight is 284 g/mol. The van der Waals surface area contributed by atoms with Crippen LogP contribution in [-0.2, 0) is 9.47 Å². The van der Waals surface area contributed by atoms with E-state index in [2.05, 4.69) is 24.1 Å². The van der Waals surface area contributed by atoms with E-state index in [9.17, 15) is 0 Å². The Balaban J connectivity index is 1.87. The van der Waals surface area contributed by atoms with Gasteiger partial charge in [-0.2, -0.15) is 0 Å². The molecule has 0 saturated carbocycles. The number of hydrogen-bond acceptors (Lipinski definition) is 4. The van der Waals surface area contributed by atoms with E-state index < -0.39 is 0 Å². The molecule has 4 nitrogen and oxygen atoms in total. The maximum Gasteiger partial charge on any atom is 0.0855 e. The molecule has 0 bridgehead atoms. The Bertz CT molecular complexity index is 257. The molecule has 2 atom stereocenters. The molecule has 20 heavy (non-hydrogen) atoms. The average Bonchev–Trinajstić information content (AvgIpc) is 2.52. The van der Waals surface area contributed by atoms with E-state index in [4.69, 9.17) is 9.47 Å². The van der Waals surface area contributed by atoms with Crippen molar-refractivity contribution in [3.63, 3.8) is 0 Å². The Morgan fingerprint density at radius 2 is 2.00 bits per heavy atom. The lowest BCUT2D eigenvalue weighted by Gasteiger charge is -2.38. The summed E-state index contributed by atoms with van der Waals surface area (Å²) in [6.45, 7) is 11.7. The number of nitrogens with zero attached hydrogens (tertiary/aromatic N) is 1. The van der Waals surface area contributed by atoms with Crippen molar-refractivity contribution in [1.29, 1.82) is 0 Å². The first-order chi connectivity index (χ1) is 9.83. The summed E-state index contributed by atoms with van der Waals surface area (Å²) < 4.78 is 11.6. The molecule has 2 aliphatic heterocycles. The molecule has 0 radical (unpaired) electrons. The third-order valence-electron chi connectivity index (χ3n) is 4.66. The summed E-state index contributed by atoms with van der Waals surface area (Å²) in [5, 5.41) is 3.74. The monoisotopic (exact) mass is 284 g/mol. The molecule has 2 heterocycles. The maximum atomic E-state index is 6.08. The van der Waals surface area contributed by atoms with Crippen LogP contribution in [-0.4, -0.2) is 63.0 Å². The lowest BCUT2D eigenvalue weighted by Crippen LogP contribution is -2.53. The van der Waals surface area contributed by atoms with Crippen LogP contribution in [0.5, 0.6) is 0 Å². The van der Waals surface area contributed by atoms with Crippen molar-refractivity contribution < 1.29 is 9.47 Å². The number of morpholine rings is 1. The van der Waals surface area contributed by atoms with Crippen molar-refractivity contribution in [3.05, 3.63) is 0 Å². The third-order valence-corrected chi connectivity index (χ3v) is 4.66. The number of hydrogen-bond donors (Lipinski definition) is 1. The standard InChI is InChI=1S/C16H32N2O2/c1-3-7-17-15(12-14-5-9-19-10-6-14)16-13-18(4-2)8-11-20-16/h14-17H,3-13H2,1-2H3. The zero-order valence-electron chi connectivity index (χ0n) is 13.3. The molecule has 2 unspecified atom stereocenters. The first-order valence-corrected chi connectivity index (χ1v) is 8.48. The number of likely N-dealkylation sites (N-methyl/N-ethyl adjacent to an activating group) is 1. The highest BCUT2D eigenvalue weighted by Gasteiger charge is 2.29. The second kappa shape index (κ2) is 8.98. The van der Waals surface area contributed by atoms with Crippen molar-refractivity contribution in [2.24, 2.45) is 5.92 Å². The Hall–Kier alpha value is -0.160. The highest BCUT2D eigenvalue weighted by molar-refractivity contribution is 4.85. The second-order valence-corrected chi connectivity index (χ2v) is 6.15. The quantitative estimate of drug-likeness (QED) is 0.774. The smallest absolute Gasteiger partial charge is 0.0855 e. The Labute approximate surface area is 124 Å². The molecule has 0 aromatic carbocycles. The zero-order valence-corrected chi connectivity index (χ0v) is 13.3. The molecule has 0 spiro atoms. The molecule has 0 amide bonds. The van der Waals surface area contributed by atoms with Gasteiger partial charge in [-0.3, -0.25) is 4.90 Å². The fourth-order valence-electron chi connectivity index (χ4n) is 3.30.